The van der Waals surface area contributed by atoms with Gasteiger partial charge in [-0.15, -0.1) is 0 Å². The molecule has 0 aliphatic heterocycles. The van der Waals surface area contributed by atoms with Crippen molar-refractivity contribution in [1.29, 1.82) is 0 Å². The van der Waals surface area contributed by atoms with E-state index >= 15 is 0 Å². The van der Waals surface area contributed by atoms with Gasteiger partial charge in [-0.3, -0.25) is 37.3 Å². The second kappa shape index (κ2) is 71.6. The van der Waals surface area contributed by atoms with Crippen molar-refractivity contribution in [3.63, 3.8) is 0 Å². The molecule has 568 valence electrons. The van der Waals surface area contributed by atoms with E-state index in [1.54, 1.807) is 0 Å². The number of ether oxygens (including phenoxy) is 4. The van der Waals surface area contributed by atoms with E-state index < -0.39 is 97.5 Å². The highest BCUT2D eigenvalue weighted by Gasteiger charge is 2.30. The normalized spacial score (nSPS) is 14.4. The highest BCUT2D eigenvalue weighted by molar-refractivity contribution is 7.47. The Morgan fingerprint density at radius 2 is 0.520 bits per heavy atom. The van der Waals surface area contributed by atoms with Gasteiger partial charge in [-0.05, 0) is 122 Å². The molecule has 0 aliphatic carbocycles. The first-order valence-corrected chi connectivity index (χ1v) is 41.8. The lowest BCUT2D eigenvalue weighted by atomic mass is 10.1. The van der Waals surface area contributed by atoms with Crippen LogP contribution in [0.15, 0.2) is 85.1 Å². The molecule has 0 saturated heterocycles. The Kier molecular flexibility index (Phi) is 68.9. The summed E-state index contributed by atoms with van der Waals surface area (Å²) < 4.78 is 68.4. The minimum Gasteiger partial charge on any atom is -0.462 e. The summed E-state index contributed by atoms with van der Waals surface area (Å²) in [7, 11) is -9.95. The van der Waals surface area contributed by atoms with Crippen molar-refractivity contribution in [2.75, 3.05) is 39.6 Å². The summed E-state index contributed by atoms with van der Waals surface area (Å²) in [6.07, 6.45) is 72.8. The van der Waals surface area contributed by atoms with E-state index in [1.807, 2.05) is 0 Å². The number of aliphatic hydroxyl groups is 1. The predicted molar refractivity (Wildman–Crippen MR) is 399 cm³/mol. The van der Waals surface area contributed by atoms with Gasteiger partial charge < -0.3 is 33.8 Å². The molecule has 0 aromatic carbocycles. The topological polar surface area (TPSA) is 237 Å². The van der Waals surface area contributed by atoms with Crippen LogP contribution in [0.25, 0.3) is 0 Å². The molecule has 0 spiro atoms. The fourth-order valence-corrected chi connectivity index (χ4v) is 11.9. The van der Waals surface area contributed by atoms with Gasteiger partial charge in [0.15, 0.2) is 12.2 Å². The van der Waals surface area contributed by atoms with Crippen LogP contribution in [0.3, 0.4) is 0 Å². The SMILES string of the molecule is CCC/C=C\C/C=C\CCCCCCCC(=O)OC(COC(=O)CCCCCCCC/C=C\C/C=C\C/C=C\CCCCC)COP(=O)(O)OCC(O)COP(=O)(O)OCC(COC(=O)CCCCCCC/C=C\C/C=C\CCCCC)OC(=O)CCCCCCCCCCCCC. The lowest BCUT2D eigenvalue weighted by Gasteiger charge is -2.21. The van der Waals surface area contributed by atoms with Crippen molar-refractivity contribution < 1.29 is 80.2 Å². The molecule has 0 saturated carbocycles. The molecule has 0 aromatic rings. The third kappa shape index (κ3) is 70.7. The lowest BCUT2D eigenvalue weighted by Crippen LogP contribution is -2.30. The largest absolute Gasteiger partial charge is 0.472 e. The van der Waals surface area contributed by atoms with Gasteiger partial charge in [0.1, 0.15) is 19.3 Å². The number of unbranched alkanes of at least 4 members (excludes halogenated alkanes) is 33. The quantitative estimate of drug-likeness (QED) is 0.0169. The predicted octanol–water partition coefficient (Wildman–Crippen LogP) is 22.2. The second-order valence-corrected chi connectivity index (χ2v) is 28.9. The smallest absolute Gasteiger partial charge is 0.462 e. The van der Waals surface area contributed by atoms with Crippen molar-refractivity contribution in [2.24, 2.45) is 0 Å². The van der Waals surface area contributed by atoms with Crippen LogP contribution in [0.4, 0.5) is 0 Å². The molecule has 19 heteroatoms. The molecule has 0 aliphatic rings. The van der Waals surface area contributed by atoms with E-state index in [2.05, 4.69) is 113 Å². The average Bonchev–Trinajstić information content (AvgIpc) is 0.973. The number of phosphoric ester groups is 2. The Labute approximate surface area is 595 Å². The molecule has 0 bridgehead atoms. The molecular formula is C79H140O17P2. The van der Waals surface area contributed by atoms with Crippen LogP contribution >= 0.6 is 15.6 Å². The summed E-state index contributed by atoms with van der Waals surface area (Å²) in [4.78, 5) is 72.8. The maximum atomic E-state index is 13.1. The van der Waals surface area contributed by atoms with Crippen molar-refractivity contribution in [3.05, 3.63) is 85.1 Å². The first-order chi connectivity index (χ1) is 47.7. The van der Waals surface area contributed by atoms with Gasteiger partial charge in [0.2, 0.25) is 0 Å². The summed E-state index contributed by atoms with van der Waals surface area (Å²) in [6, 6.07) is 0. The third-order valence-electron chi connectivity index (χ3n) is 16.3. The Morgan fingerprint density at radius 1 is 0.286 bits per heavy atom. The van der Waals surface area contributed by atoms with Crippen LogP contribution in [0.2, 0.25) is 0 Å². The molecule has 5 atom stereocenters. The van der Waals surface area contributed by atoms with E-state index in [9.17, 15) is 43.2 Å². The zero-order valence-electron chi connectivity index (χ0n) is 62.0. The molecule has 0 rings (SSSR count). The standard InChI is InChI=1S/C79H140O17P2/c1-5-9-13-17-21-25-29-32-34-35-36-37-39-42-45-48-52-56-60-64-77(82)90-70-75(96-79(84)66-62-58-54-50-46-40-31-27-23-19-15-11-7-3)72-94-98(87,88)92-68-73(80)67-91-97(85,86)93-71-74(95-78(83)65-61-57-53-49-43-28-24-20-16-12-8-4)69-89-76(81)63-59-55-51-47-44-41-38-33-30-26-22-18-14-10-6-2/h15,19,21-22,25-27,31-34,36-38,73-75,80H,5-14,16-18,20,23-24,28-30,35,39-72H2,1-4H3,(H,85,86)(H,87,88)/b19-15-,25-21-,26-22-,31-27-,34-32-,37-36-,38-33-. The van der Waals surface area contributed by atoms with E-state index in [0.29, 0.717) is 25.7 Å². The fraction of sp³-hybridized carbons (Fsp3) is 0.772. The monoisotopic (exact) mass is 1420 g/mol. The number of carbonyl (C=O) groups is 4. The van der Waals surface area contributed by atoms with E-state index in [0.717, 1.165) is 180 Å². The van der Waals surface area contributed by atoms with Gasteiger partial charge in [0, 0.05) is 25.7 Å². The summed E-state index contributed by atoms with van der Waals surface area (Å²) in [5.74, 6) is -2.20. The molecule has 0 amide bonds. The Morgan fingerprint density at radius 3 is 0.827 bits per heavy atom. The van der Waals surface area contributed by atoms with Crippen LogP contribution in [-0.2, 0) is 65.4 Å². The van der Waals surface area contributed by atoms with Crippen LogP contribution in [0.5, 0.6) is 0 Å². The molecule has 17 nitrogen and oxygen atoms in total. The highest BCUT2D eigenvalue weighted by atomic mass is 31.2. The summed E-state index contributed by atoms with van der Waals surface area (Å²) >= 11 is 0. The van der Waals surface area contributed by atoms with Gasteiger partial charge >= 0.3 is 39.5 Å². The number of esters is 4. The molecule has 0 fully saturated rings. The van der Waals surface area contributed by atoms with Crippen molar-refractivity contribution >= 4 is 39.5 Å². The number of carbonyl (C=O) groups excluding carboxylic acids is 4. The zero-order chi connectivity index (χ0) is 71.8. The number of rotatable bonds is 73. The van der Waals surface area contributed by atoms with E-state index in [1.165, 1.54) is 77.0 Å². The third-order valence-corrected chi connectivity index (χ3v) is 18.2. The number of allylic oxidation sites excluding steroid dienone is 14. The minimum absolute atomic E-state index is 0.0767. The number of phosphoric acid groups is 2. The minimum atomic E-state index is -4.98. The average molecular weight is 1420 g/mol. The van der Waals surface area contributed by atoms with Crippen molar-refractivity contribution in [1.82, 2.24) is 0 Å². The lowest BCUT2D eigenvalue weighted by molar-refractivity contribution is -0.161. The molecule has 5 unspecified atom stereocenters. The Hall–Kier alpha value is -3.76. The van der Waals surface area contributed by atoms with E-state index in [4.69, 9.17) is 37.0 Å². The van der Waals surface area contributed by atoms with Crippen LogP contribution in [0.1, 0.15) is 336 Å². The van der Waals surface area contributed by atoms with E-state index in [-0.39, 0.29) is 25.7 Å². The van der Waals surface area contributed by atoms with Gasteiger partial charge in [-0.1, -0.05) is 273 Å². The summed E-state index contributed by atoms with van der Waals surface area (Å²) in [6.45, 7) is 4.73. The maximum absolute atomic E-state index is 13.1. The number of aliphatic hydroxyl groups excluding tert-OH is 1. The van der Waals surface area contributed by atoms with Gasteiger partial charge in [0.25, 0.3) is 0 Å². The molecular weight excluding hydrogens is 1280 g/mol. The fourth-order valence-electron chi connectivity index (χ4n) is 10.4. The first-order valence-electron chi connectivity index (χ1n) is 38.8. The molecule has 0 radical (unpaired) electrons. The van der Waals surface area contributed by atoms with Gasteiger partial charge in [0.05, 0.1) is 26.4 Å². The second-order valence-electron chi connectivity index (χ2n) is 25.9. The van der Waals surface area contributed by atoms with Crippen LogP contribution in [0, 0.1) is 0 Å². The molecule has 3 N–H and O–H groups in total. The molecule has 0 aromatic heterocycles. The van der Waals surface area contributed by atoms with Gasteiger partial charge in [-0.25, -0.2) is 9.13 Å². The van der Waals surface area contributed by atoms with Crippen molar-refractivity contribution in [2.45, 2.75) is 354 Å². The maximum Gasteiger partial charge on any atom is 0.472 e. The molecule has 0 heterocycles. The summed E-state index contributed by atoms with van der Waals surface area (Å²) in [5, 5.41) is 10.6. The summed E-state index contributed by atoms with van der Waals surface area (Å²) in [5.41, 5.74) is 0. The number of hydrogen-bond donors (Lipinski definition) is 3. The Balaban J connectivity index is 5.31. The first kappa shape index (κ1) is 94.2. The van der Waals surface area contributed by atoms with Crippen molar-refractivity contribution in [3.8, 4) is 0 Å². The van der Waals surface area contributed by atoms with Crippen LogP contribution in [-0.4, -0.2) is 96.7 Å². The zero-order valence-corrected chi connectivity index (χ0v) is 63.7. The van der Waals surface area contributed by atoms with Gasteiger partial charge in [-0.2, -0.15) is 0 Å². The van der Waals surface area contributed by atoms with Crippen LogP contribution < -0.4 is 0 Å². The molecule has 98 heavy (non-hydrogen) atoms. The highest BCUT2D eigenvalue weighted by Crippen LogP contribution is 2.45. The number of hydrogen-bond acceptors (Lipinski definition) is 15. The Bertz CT molecular complexity index is 2190.